The predicted molar refractivity (Wildman–Crippen MR) is 75.2 cm³/mol. The van der Waals surface area contributed by atoms with E-state index in [1.807, 2.05) is 42.5 Å². The molecule has 3 heteroatoms. The minimum Gasteiger partial charge on any atom is -0.471 e. The molecule has 0 N–H and O–H groups in total. The Morgan fingerprint density at radius 3 is 2.68 bits per heavy atom. The van der Waals surface area contributed by atoms with E-state index in [0.29, 0.717) is 0 Å². The number of benzene rings is 2. The first kappa shape index (κ1) is 12.8. The molecule has 3 nitrogen and oxygen atoms in total. The van der Waals surface area contributed by atoms with E-state index in [1.165, 1.54) is 0 Å². The first-order valence-electron chi connectivity index (χ1n) is 5.99. The summed E-state index contributed by atoms with van der Waals surface area (Å²) < 4.78 is 4.83. The molecule has 0 atom stereocenters. The maximum absolute atomic E-state index is 11.5. The van der Waals surface area contributed by atoms with Crippen molar-refractivity contribution < 1.29 is 9.53 Å². The molecule has 0 aliphatic carbocycles. The summed E-state index contributed by atoms with van der Waals surface area (Å²) in [5, 5.41) is 2.20. The van der Waals surface area contributed by atoms with Gasteiger partial charge in [-0.15, -0.1) is 0 Å². The number of nitrogens with zero attached hydrogens (tertiary/aromatic N) is 1. The Balaban J connectivity index is 2.38. The maximum Gasteiger partial charge on any atom is 0.336 e. The van der Waals surface area contributed by atoms with Gasteiger partial charge in [0.05, 0.1) is 13.2 Å². The van der Waals surface area contributed by atoms with Crippen LogP contribution in [0.4, 0.5) is 0 Å². The molecule has 0 fully saturated rings. The minimum atomic E-state index is -0.578. The van der Waals surface area contributed by atoms with Gasteiger partial charge in [0.15, 0.2) is 0 Å². The molecule has 94 valence electrons. The van der Waals surface area contributed by atoms with Crippen molar-refractivity contribution in [2.45, 2.75) is 6.92 Å². The van der Waals surface area contributed by atoms with Crippen molar-refractivity contribution >= 4 is 22.8 Å². The lowest BCUT2D eigenvalue weighted by molar-refractivity contribution is -0.138. The van der Waals surface area contributed by atoms with Crippen LogP contribution in [0.1, 0.15) is 12.5 Å². The topological polar surface area (TPSA) is 30.7 Å². The highest BCUT2D eigenvalue weighted by atomic mass is 16.5. The van der Waals surface area contributed by atoms with E-state index in [-0.39, 0.29) is 12.3 Å². The number of fused-ring (bicyclic) bond motifs is 1. The summed E-state index contributed by atoms with van der Waals surface area (Å²) in [4.78, 5) is 14.8. The van der Waals surface area contributed by atoms with Gasteiger partial charge >= 0.3 is 5.97 Å². The summed E-state index contributed by atoms with van der Waals surface area (Å²) in [5.41, 5.74) is 0.815. The molecule has 19 heavy (non-hydrogen) atoms. The molecular formula is C16H13NO2. The molecule has 0 saturated carbocycles. The summed E-state index contributed by atoms with van der Waals surface area (Å²) in [6.45, 7) is 9.02. The van der Waals surface area contributed by atoms with Crippen LogP contribution >= 0.6 is 0 Å². The number of ether oxygens (including phenoxy) is 1. The minimum absolute atomic E-state index is 0.00266. The van der Waals surface area contributed by atoms with E-state index >= 15 is 0 Å². The smallest absolute Gasteiger partial charge is 0.336 e. The molecule has 0 aliphatic rings. The van der Waals surface area contributed by atoms with Gasteiger partial charge in [-0.1, -0.05) is 36.4 Å². The van der Waals surface area contributed by atoms with E-state index < -0.39 is 5.97 Å². The third-order valence-corrected chi connectivity index (χ3v) is 2.68. The lowest BCUT2D eigenvalue weighted by Crippen LogP contribution is -2.04. The van der Waals surface area contributed by atoms with Gasteiger partial charge in [-0.2, -0.15) is 0 Å². The van der Waals surface area contributed by atoms with Crippen molar-refractivity contribution in [1.82, 2.24) is 0 Å². The molecule has 0 heterocycles. The second-order valence-corrected chi connectivity index (χ2v) is 3.97. The van der Waals surface area contributed by atoms with Crippen molar-refractivity contribution in [3.05, 3.63) is 65.1 Å². The Bertz CT molecular complexity index is 680. The third kappa shape index (κ3) is 2.99. The molecule has 0 radical (unpaired) electrons. The quantitative estimate of drug-likeness (QED) is 0.473. The number of carbonyl (C=O) groups excluding carboxylic acids is 1. The van der Waals surface area contributed by atoms with Gasteiger partial charge in [0.25, 0.3) is 5.70 Å². The Morgan fingerprint density at radius 1 is 1.26 bits per heavy atom. The molecule has 0 aliphatic heterocycles. The van der Waals surface area contributed by atoms with Gasteiger partial charge < -0.3 is 4.74 Å². The van der Waals surface area contributed by atoms with Crippen LogP contribution in [0.25, 0.3) is 21.7 Å². The van der Waals surface area contributed by atoms with Gasteiger partial charge in [0, 0.05) is 0 Å². The monoisotopic (exact) mass is 251 g/mol. The van der Waals surface area contributed by atoms with Crippen LogP contribution in [0.3, 0.4) is 0 Å². The molecule has 0 saturated heterocycles. The standard InChI is InChI=1S/C16H13NO2/c1-3-19-16(18)15(17-2)11-12-8-9-13-6-4-5-7-14(13)10-12/h4-11H,3H2,1H3. The molecular weight excluding hydrogens is 238 g/mol. The van der Waals surface area contributed by atoms with E-state index in [1.54, 1.807) is 13.0 Å². The molecule has 0 amide bonds. The zero-order chi connectivity index (χ0) is 13.7. The van der Waals surface area contributed by atoms with Crippen molar-refractivity contribution in [3.63, 3.8) is 0 Å². The van der Waals surface area contributed by atoms with Crippen LogP contribution in [0, 0.1) is 6.57 Å². The van der Waals surface area contributed by atoms with Crippen molar-refractivity contribution in [3.8, 4) is 0 Å². The normalized spacial score (nSPS) is 11.1. The van der Waals surface area contributed by atoms with Gasteiger partial charge in [0.1, 0.15) is 0 Å². The summed E-state index contributed by atoms with van der Waals surface area (Å²) >= 11 is 0. The number of esters is 1. The Hall–Kier alpha value is -2.60. The van der Waals surface area contributed by atoms with E-state index in [4.69, 9.17) is 11.3 Å². The zero-order valence-electron chi connectivity index (χ0n) is 10.6. The highest BCUT2D eigenvalue weighted by Crippen LogP contribution is 2.18. The number of hydrogen-bond acceptors (Lipinski definition) is 2. The lowest BCUT2D eigenvalue weighted by Gasteiger charge is -2.02. The summed E-state index contributed by atoms with van der Waals surface area (Å²) in [6, 6.07) is 13.7. The van der Waals surface area contributed by atoms with E-state index in [0.717, 1.165) is 16.3 Å². The first-order valence-corrected chi connectivity index (χ1v) is 5.99. The zero-order valence-corrected chi connectivity index (χ0v) is 10.6. The molecule has 2 rings (SSSR count). The molecule has 0 aromatic heterocycles. The maximum atomic E-state index is 11.5. The molecule has 2 aromatic carbocycles. The summed E-state index contributed by atoms with van der Waals surface area (Å²) in [5.74, 6) is -0.578. The Kier molecular flexibility index (Phi) is 3.94. The number of hydrogen-bond donors (Lipinski definition) is 0. The van der Waals surface area contributed by atoms with Crippen LogP contribution in [0.15, 0.2) is 48.2 Å². The fourth-order valence-corrected chi connectivity index (χ4v) is 1.80. The van der Waals surface area contributed by atoms with Crippen LogP contribution in [0.2, 0.25) is 0 Å². The van der Waals surface area contributed by atoms with Gasteiger partial charge in [-0.25, -0.2) is 4.85 Å². The van der Waals surface area contributed by atoms with Crippen LogP contribution in [0.5, 0.6) is 0 Å². The average molecular weight is 251 g/mol. The Morgan fingerprint density at radius 2 is 2.00 bits per heavy atom. The van der Waals surface area contributed by atoms with E-state index in [9.17, 15) is 4.79 Å². The van der Waals surface area contributed by atoms with Gasteiger partial charge in [-0.05, 0) is 35.4 Å². The van der Waals surface area contributed by atoms with Crippen LogP contribution in [-0.4, -0.2) is 12.6 Å². The van der Waals surface area contributed by atoms with Crippen molar-refractivity contribution in [2.24, 2.45) is 0 Å². The first-order chi connectivity index (χ1) is 9.24. The number of carbonyl (C=O) groups is 1. The van der Waals surface area contributed by atoms with E-state index in [2.05, 4.69) is 4.85 Å². The Labute approximate surface area is 111 Å². The fraction of sp³-hybridized carbons (Fsp3) is 0.125. The number of rotatable bonds is 3. The SMILES string of the molecule is [C-]#[N+]C(=Cc1ccc2ccccc2c1)C(=O)OCC. The summed E-state index contributed by atoms with van der Waals surface area (Å²) in [6.07, 6.45) is 1.55. The van der Waals surface area contributed by atoms with Gasteiger partial charge in [-0.3, -0.25) is 4.79 Å². The second-order valence-electron chi connectivity index (χ2n) is 3.97. The largest absolute Gasteiger partial charge is 0.471 e. The van der Waals surface area contributed by atoms with Gasteiger partial charge in [0.2, 0.25) is 0 Å². The lowest BCUT2D eigenvalue weighted by atomic mass is 10.1. The molecule has 0 bridgehead atoms. The highest BCUT2D eigenvalue weighted by Gasteiger charge is 2.10. The van der Waals surface area contributed by atoms with Crippen LogP contribution < -0.4 is 0 Å². The summed E-state index contributed by atoms with van der Waals surface area (Å²) in [7, 11) is 0. The predicted octanol–water partition coefficient (Wildman–Crippen LogP) is 3.66. The van der Waals surface area contributed by atoms with Crippen LogP contribution in [-0.2, 0) is 9.53 Å². The highest BCUT2D eigenvalue weighted by molar-refractivity contribution is 5.96. The van der Waals surface area contributed by atoms with Crippen molar-refractivity contribution in [2.75, 3.05) is 6.61 Å². The fourth-order valence-electron chi connectivity index (χ4n) is 1.80. The average Bonchev–Trinajstić information content (AvgIpc) is 2.44. The second kappa shape index (κ2) is 5.83. The van der Waals surface area contributed by atoms with Crippen molar-refractivity contribution in [1.29, 1.82) is 0 Å². The molecule has 0 spiro atoms. The molecule has 2 aromatic rings. The third-order valence-electron chi connectivity index (χ3n) is 2.68. The molecule has 0 unspecified atom stereocenters.